The lowest BCUT2D eigenvalue weighted by atomic mass is 10.0. The van der Waals surface area contributed by atoms with Crippen molar-refractivity contribution in [1.29, 1.82) is 0 Å². The maximum absolute atomic E-state index is 10.9. The molecule has 1 aliphatic rings. The first kappa shape index (κ1) is 9.90. The Hall–Kier alpha value is -1.64. The molecule has 0 amide bonds. The molecule has 0 saturated heterocycles. The monoisotopic (exact) mass is 203 g/mol. The zero-order valence-corrected chi connectivity index (χ0v) is 8.69. The van der Waals surface area contributed by atoms with Gasteiger partial charge in [-0.1, -0.05) is 42.8 Å². The van der Waals surface area contributed by atoms with E-state index in [9.17, 15) is 4.79 Å². The van der Waals surface area contributed by atoms with Crippen LogP contribution in [-0.2, 0) is 16.1 Å². The SMILES string of the molecule is CCCc1ccc(C2=NOC(=O)C2)cc1. The molecule has 0 radical (unpaired) electrons. The fourth-order valence-corrected chi connectivity index (χ4v) is 1.61. The third kappa shape index (κ3) is 2.24. The molecular formula is C12H13NO2. The summed E-state index contributed by atoms with van der Waals surface area (Å²) in [6.45, 7) is 2.15. The van der Waals surface area contributed by atoms with E-state index in [2.05, 4.69) is 29.0 Å². The Balaban J connectivity index is 2.13. The van der Waals surface area contributed by atoms with E-state index >= 15 is 0 Å². The fourth-order valence-electron chi connectivity index (χ4n) is 1.61. The number of hydrogen-bond acceptors (Lipinski definition) is 3. The van der Waals surface area contributed by atoms with Crippen LogP contribution in [0.1, 0.15) is 30.9 Å². The van der Waals surface area contributed by atoms with Gasteiger partial charge in [-0.25, -0.2) is 4.79 Å². The molecule has 0 aromatic heterocycles. The second-order valence-corrected chi connectivity index (χ2v) is 3.62. The Morgan fingerprint density at radius 1 is 1.33 bits per heavy atom. The number of aryl methyl sites for hydroxylation is 1. The average Bonchev–Trinajstić information content (AvgIpc) is 2.67. The van der Waals surface area contributed by atoms with E-state index in [-0.39, 0.29) is 12.4 Å². The summed E-state index contributed by atoms with van der Waals surface area (Å²) in [4.78, 5) is 15.4. The van der Waals surface area contributed by atoms with Crippen LogP contribution in [0.5, 0.6) is 0 Å². The van der Waals surface area contributed by atoms with Crippen molar-refractivity contribution in [3.05, 3.63) is 35.4 Å². The van der Waals surface area contributed by atoms with E-state index in [0.717, 1.165) is 24.1 Å². The molecule has 2 rings (SSSR count). The molecule has 1 aromatic rings. The summed E-state index contributed by atoms with van der Waals surface area (Å²) in [6.07, 6.45) is 2.51. The predicted octanol–water partition coefficient (Wildman–Crippen LogP) is 2.29. The minimum Gasteiger partial charge on any atom is -0.318 e. The summed E-state index contributed by atoms with van der Waals surface area (Å²) in [5.41, 5.74) is 3.01. The average molecular weight is 203 g/mol. The maximum Gasteiger partial charge on any atom is 0.341 e. The molecular weight excluding hydrogens is 190 g/mol. The quantitative estimate of drug-likeness (QED) is 0.707. The molecule has 78 valence electrons. The van der Waals surface area contributed by atoms with E-state index in [0.29, 0.717) is 0 Å². The number of rotatable bonds is 3. The van der Waals surface area contributed by atoms with Crippen LogP contribution in [-0.4, -0.2) is 11.7 Å². The van der Waals surface area contributed by atoms with Gasteiger partial charge in [-0.05, 0) is 17.5 Å². The molecule has 1 heterocycles. The van der Waals surface area contributed by atoms with Crippen molar-refractivity contribution in [1.82, 2.24) is 0 Å². The summed E-state index contributed by atoms with van der Waals surface area (Å²) < 4.78 is 0. The van der Waals surface area contributed by atoms with Crippen molar-refractivity contribution in [3.8, 4) is 0 Å². The van der Waals surface area contributed by atoms with Gasteiger partial charge in [0.05, 0.1) is 12.1 Å². The minimum atomic E-state index is -0.275. The normalized spacial score (nSPS) is 15.0. The summed E-state index contributed by atoms with van der Waals surface area (Å²) in [5, 5.41) is 3.73. The molecule has 3 nitrogen and oxygen atoms in total. The lowest BCUT2D eigenvalue weighted by Crippen LogP contribution is -2.00. The second-order valence-electron chi connectivity index (χ2n) is 3.62. The van der Waals surface area contributed by atoms with Gasteiger partial charge in [0.2, 0.25) is 0 Å². The van der Waals surface area contributed by atoms with E-state index in [4.69, 9.17) is 0 Å². The zero-order valence-electron chi connectivity index (χ0n) is 8.69. The molecule has 1 aliphatic heterocycles. The van der Waals surface area contributed by atoms with Gasteiger partial charge in [0.15, 0.2) is 0 Å². The molecule has 0 spiro atoms. The largest absolute Gasteiger partial charge is 0.341 e. The molecule has 0 fully saturated rings. The van der Waals surface area contributed by atoms with Gasteiger partial charge in [0.25, 0.3) is 0 Å². The van der Waals surface area contributed by atoms with E-state index in [1.807, 2.05) is 12.1 Å². The van der Waals surface area contributed by atoms with Crippen LogP contribution in [0.25, 0.3) is 0 Å². The smallest absolute Gasteiger partial charge is 0.318 e. The first-order valence-corrected chi connectivity index (χ1v) is 5.15. The van der Waals surface area contributed by atoms with Gasteiger partial charge in [0, 0.05) is 0 Å². The molecule has 15 heavy (non-hydrogen) atoms. The lowest BCUT2D eigenvalue weighted by molar-refractivity contribution is -0.140. The highest BCUT2D eigenvalue weighted by molar-refractivity contribution is 6.11. The standard InChI is InChI=1S/C12H13NO2/c1-2-3-9-4-6-10(7-5-9)11-8-12(14)15-13-11/h4-7H,2-3,8H2,1H3. The summed E-state index contributed by atoms with van der Waals surface area (Å²) in [5.74, 6) is -0.275. The highest BCUT2D eigenvalue weighted by atomic mass is 16.7. The van der Waals surface area contributed by atoms with Gasteiger partial charge < -0.3 is 4.84 Å². The minimum absolute atomic E-state index is 0.275. The predicted molar refractivity (Wildman–Crippen MR) is 57.7 cm³/mol. The van der Waals surface area contributed by atoms with Crippen LogP contribution in [0, 0.1) is 0 Å². The van der Waals surface area contributed by atoms with Gasteiger partial charge in [-0.2, -0.15) is 0 Å². The zero-order chi connectivity index (χ0) is 10.7. The number of oxime groups is 1. The molecule has 0 atom stereocenters. The number of nitrogens with zero attached hydrogens (tertiary/aromatic N) is 1. The Morgan fingerprint density at radius 3 is 2.60 bits per heavy atom. The van der Waals surface area contributed by atoms with Crippen molar-refractivity contribution >= 4 is 11.7 Å². The number of carbonyl (C=O) groups is 1. The highest BCUT2D eigenvalue weighted by Crippen LogP contribution is 2.13. The van der Waals surface area contributed by atoms with E-state index < -0.39 is 0 Å². The maximum atomic E-state index is 10.9. The summed E-state index contributed by atoms with van der Waals surface area (Å²) >= 11 is 0. The topological polar surface area (TPSA) is 38.7 Å². The van der Waals surface area contributed by atoms with Crippen LogP contribution >= 0.6 is 0 Å². The van der Waals surface area contributed by atoms with Crippen LogP contribution < -0.4 is 0 Å². The van der Waals surface area contributed by atoms with Crippen molar-refractivity contribution in [2.24, 2.45) is 5.16 Å². The molecule has 0 N–H and O–H groups in total. The van der Waals surface area contributed by atoms with Gasteiger partial charge in [-0.15, -0.1) is 0 Å². The van der Waals surface area contributed by atoms with Gasteiger partial charge >= 0.3 is 5.97 Å². The summed E-state index contributed by atoms with van der Waals surface area (Å²) in [7, 11) is 0. The Labute approximate surface area is 88.7 Å². The Kier molecular flexibility index (Phi) is 2.81. The number of benzene rings is 1. The molecule has 0 bridgehead atoms. The Morgan fingerprint density at radius 2 is 2.07 bits per heavy atom. The highest BCUT2D eigenvalue weighted by Gasteiger charge is 2.18. The van der Waals surface area contributed by atoms with Crippen LogP contribution in [0.3, 0.4) is 0 Å². The Bertz CT molecular complexity index is 393. The van der Waals surface area contributed by atoms with Crippen molar-refractivity contribution in [3.63, 3.8) is 0 Å². The summed E-state index contributed by atoms with van der Waals surface area (Å²) in [6, 6.07) is 8.13. The molecule has 0 aliphatic carbocycles. The molecule has 0 unspecified atom stereocenters. The second kappa shape index (κ2) is 4.26. The third-order valence-corrected chi connectivity index (χ3v) is 2.40. The van der Waals surface area contributed by atoms with E-state index in [1.54, 1.807) is 0 Å². The van der Waals surface area contributed by atoms with Crippen molar-refractivity contribution in [2.75, 3.05) is 0 Å². The number of hydrogen-bond donors (Lipinski definition) is 0. The first-order chi connectivity index (χ1) is 7.29. The third-order valence-electron chi connectivity index (χ3n) is 2.40. The van der Waals surface area contributed by atoms with Gasteiger partial charge in [-0.3, -0.25) is 0 Å². The fraction of sp³-hybridized carbons (Fsp3) is 0.333. The first-order valence-electron chi connectivity index (χ1n) is 5.15. The van der Waals surface area contributed by atoms with Crippen LogP contribution in [0.2, 0.25) is 0 Å². The lowest BCUT2D eigenvalue weighted by Gasteiger charge is -2.00. The van der Waals surface area contributed by atoms with Crippen LogP contribution in [0.15, 0.2) is 29.4 Å². The molecule has 1 aromatic carbocycles. The number of carbonyl (C=O) groups excluding carboxylic acids is 1. The molecule has 3 heteroatoms. The van der Waals surface area contributed by atoms with E-state index in [1.165, 1.54) is 5.56 Å². The van der Waals surface area contributed by atoms with Crippen molar-refractivity contribution < 1.29 is 9.63 Å². The van der Waals surface area contributed by atoms with Crippen molar-refractivity contribution in [2.45, 2.75) is 26.2 Å². The van der Waals surface area contributed by atoms with Crippen LogP contribution in [0.4, 0.5) is 0 Å². The van der Waals surface area contributed by atoms with Gasteiger partial charge in [0.1, 0.15) is 0 Å². The molecule has 0 saturated carbocycles.